The van der Waals surface area contributed by atoms with Gasteiger partial charge in [0.1, 0.15) is 0 Å². The van der Waals surface area contributed by atoms with E-state index in [0.29, 0.717) is 5.57 Å². The molecule has 1 aliphatic heterocycles. The van der Waals surface area contributed by atoms with Crippen LogP contribution in [0.15, 0.2) is 46.9 Å². The first-order valence-corrected chi connectivity index (χ1v) is 8.70. The second-order valence-electron chi connectivity index (χ2n) is 5.92. The highest BCUT2D eigenvalue weighted by Crippen LogP contribution is 2.26. The van der Waals surface area contributed by atoms with Crippen molar-refractivity contribution in [2.45, 2.75) is 19.8 Å². The molecule has 1 heterocycles. The quantitative estimate of drug-likeness (QED) is 0.535. The van der Waals surface area contributed by atoms with Gasteiger partial charge in [-0.15, -0.1) is 0 Å². The molecule has 3 rings (SSSR count). The van der Waals surface area contributed by atoms with Crippen LogP contribution in [-0.2, 0) is 0 Å². The minimum absolute atomic E-state index is 0.684. The maximum atomic E-state index is 9.51. The Hall–Kier alpha value is -2.05. The Morgan fingerprint density at radius 2 is 1.96 bits per heavy atom. The molecule has 2 aromatic carbocycles. The summed E-state index contributed by atoms with van der Waals surface area (Å²) < 4.78 is 0.984. The molecule has 0 amide bonds. The van der Waals surface area contributed by atoms with Gasteiger partial charge in [0, 0.05) is 23.2 Å². The zero-order valence-electron chi connectivity index (χ0n) is 13.2. The summed E-state index contributed by atoms with van der Waals surface area (Å²) in [5.41, 5.74) is 5.22. The number of anilines is 1. The standard InChI is InChI=1S/C20H19BrN2/c1-15-11-20(23-9-2-3-10-23)8-7-16(15)12-18(14-22)17-5-4-6-19(21)13-17/h4-8,11-13H,2-3,9-10H2,1H3/b18-12-. The monoisotopic (exact) mass is 366 g/mol. The summed E-state index contributed by atoms with van der Waals surface area (Å²) in [6.07, 6.45) is 4.54. The summed E-state index contributed by atoms with van der Waals surface area (Å²) in [6.45, 7) is 4.41. The smallest absolute Gasteiger partial charge is 0.0998 e. The molecule has 0 aliphatic carbocycles. The molecule has 0 radical (unpaired) electrons. The van der Waals surface area contributed by atoms with Gasteiger partial charge in [0.05, 0.1) is 11.6 Å². The van der Waals surface area contributed by atoms with Gasteiger partial charge in [-0.05, 0) is 66.8 Å². The Labute approximate surface area is 146 Å². The van der Waals surface area contributed by atoms with Crippen molar-refractivity contribution in [3.05, 3.63) is 63.6 Å². The number of rotatable bonds is 3. The number of benzene rings is 2. The van der Waals surface area contributed by atoms with Crippen LogP contribution in [0.3, 0.4) is 0 Å². The van der Waals surface area contributed by atoms with Crippen LogP contribution >= 0.6 is 15.9 Å². The maximum Gasteiger partial charge on any atom is 0.0998 e. The van der Waals surface area contributed by atoms with Crippen LogP contribution in [0, 0.1) is 18.3 Å². The molecular weight excluding hydrogens is 348 g/mol. The van der Waals surface area contributed by atoms with Crippen molar-refractivity contribution in [3.63, 3.8) is 0 Å². The van der Waals surface area contributed by atoms with Crippen molar-refractivity contribution in [3.8, 4) is 6.07 Å². The fourth-order valence-corrected chi connectivity index (χ4v) is 3.38. The Balaban J connectivity index is 1.92. The van der Waals surface area contributed by atoms with Crippen LogP contribution in [0.2, 0.25) is 0 Å². The first-order chi connectivity index (χ1) is 11.2. The number of nitrogens with zero attached hydrogens (tertiary/aromatic N) is 2. The molecule has 0 bridgehead atoms. The van der Waals surface area contributed by atoms with Gasteiger partial charge in [-0.25, -0.2) is 0 Å². The predicted molar refractivity (Wildman–Crippen MR) is 100 cm³/mol. The van der Waals surface area contributed by atoms with Crippen molar-refractivity contribution >= 4 is 33.3 Å². The lowest BCUT2D eigenvalue weighted by atomic mass is 10.0. The summed E-state index contributed by atoms with van der Waals surface area (Å²) >= 11 is 3.46. The number of aryl methyl sites for hydroxylation is 1. The van der Waals surface area contributed by atoms with Crippen LogP contribution in [-0.4, -0.2) is 13.1 Å². The van der Waals surface area contributed by atoms with Gasteiger partial charge in [-0.2, -0.15) is 5.26 Å². The number of hydrogen-bond acceptors (Lipinski definition) is 2. The number of nitriles is 1. The average Bonchev–Trinajstić information content (AvgIpc) is 3.08. The van der Waals surface area contributed by atoms with Crippen LogP contribution in [0.25, 0.3) is 11.6 Å². The minimum Gasteiger partial charge on any atom is -0.372 e. The summed E-state index contributed by atoms with van der Waals surface area (Å²) in [6, 6.07) is 16.7. The highest BCUT2D eigenvalue weighted by molar-refractivity contribution is 9.10. The fraction of sp³-hybridized carbons (Fsp3) is 0.250. The molecule has 0 aromatic heterocycles. The number of hydrogen-bond donors (Lipinski definition) is 0. The number of halogens is 1. The Morgan fingerprint density at radius 1 is 1.17 bits per heavy atom. The molecule has 1 aliphatic rings. The third kappa shape index (κ3) is 3.65. The van der Waals surface area contributed by atoms with E-state index in [-0.39, 0.29) is 0 Å². The molecule has 0 spiro atoms. The zero-order chi connectivity index (χ0) is 16.2. The Morgan fingerprint density at radius 3 is 2.61 bits per heavy atom. The largest absolute Gasteiger partial charge is 0.372 e. The highest BCUT2D eigenvalue weighted by atomic mass is 79.9. The predicted octanol–water partition coefficient (Wildman–Crippen LogP) is 5.42. The second kappa shape index (κ2) is 7.02. The highest BCUT2D eigenvalue weighted by Gasteiger charge is 2.13. The molecule has 23 heavy (non-hydrogen) atoms. The van der Waals surface area contributed by atoms with Gasteiger partial charge in [-0.3, -0.25) is 0 Å². The van der Waals surface area contributed by atoms with Crippen LogP contribution in [0.4, 0.5) is 5.69 Å². The molecule has 2 nitrogen and oxygen atoms in total. The van der Waals surface area contributed by atoms with E-state index in [2.05, 4.69) is 52.0 Å². The lowest BCUT2D eigenvalue weighted by Gasteiger charge is -2.18. The van der Waals surface area contributed by atoms with E-state index in [1.165, 1.54) is 24.1 Å². The topological polar surface area (TPSA) is 27.0 Å². The third-order valence-electron chi connectivity index (χ3n) is 4.28. The van der Waals surface area contributed by atoms with E-state index in [1.54, 1.807) is 0 Å². The molecule has 1 saturated heterocycles. The lowest BCUT2D eigenvalue weighted by molar-refractivity contribution is 0.949. The van der Waals surface area contributed by atoms with E-state index in [4.69, 9.17) is 0 Å². The van der Waals surface area contributed by atoms with Gasteiger partial charge < -0.3 is 4.90 Å². The minimum atomic E-state index is 0.684. The van der Waals surface area contributed by atoms with Gasteiger partial charge in [0.2, 0.25) is 0 Å². The van der Waals surface area contributed by atoms with E-state index >= 15 is 0 Å². The van der Waals surface area contributed by atoms with Crippen molar-refractivity contribution in [1.29, 1.82) is 5.26 Å². The van der Waals surface area contributed by atoms with Crippen molar-refractivity contribution in [2.24, 2.45) is 0 Å². The van der Waals surface area contributed by atoms with Gasteiger partial charge in [-0.1, -0.05) is 34.1 Å². The molecular formula is C20H19BrN2. The SMILES string of the molecule is Cc1cc(N2CCCC2)ccc1/C=C(/C#N)c1cccc(Br)c1. The van der Waals surface area contributed by atoms with E-state index < -0.39 is 0 Å². The normalized spacial score (nSPS) is 14.8. The first-order valence-electron chi connectivity index (χ1n) is 7.91. The van der Waals surface area contributed by atoms with E-state index in [1.807, 2.05) is 30.3 Å². The molecule has 3 heteroatoms. The summed E-state index contributed by atoms with van der Waals surface area (Å²) in [7, 11) is 0. The Bertz CT molecular complexity index is 780. The van der Waals surface area contributed by atoms with Crippen LogP contribution in [0.5, 0.6) is 0 Å². The summed E-state index contributed by atoms with van der Waals surface area (Å²) in [5, 5.41) is 9.51. The van der Waals surface area contributed by atoms with E-state index in [9.17, 15) is 5.26 Å². The molecule has 0 saturated carbocycles. The molecule has 116 valence electrons. The van der Waals surface area contributed by atoms with E-state index in [0.717, 1.165) is 28.7 Å². The lowest BCUT2D eigenvalue weighted by Crippen LogP contribution is -2.17. The third-order valence-corrected chi connectivity index (χ3v) is 4.77. The van der Waals surface area contributed by atoms with Crippen molar-refractivity contribution in [2.75, 3.05) is 18.0 Å². The molecule has 1 fully saturated rings. The average molecular weight is 367 g/mol. The second-order valence-corrected chi connectivity index (χ2v) is 6.83. The van der Waals surface area contributed by atoms with Gasteiger partial charge in [0.15, 0.2) is 0 Å². The molecule has 0 unspecified atom stereocenters. The number of allylic oxidation sites excluding steroid dienone is 1. The first kappa shape index (κ1) is 15.8. The summed E-state index contributed by atoms with van der Waals surface area (Å²) in [4.78, 5) is 2.43. The maximum absolute atomic E-state index is 9.51. The molecule has 0 N–H and O–H groups in total. The van der Waals surface area contributed by atoms with Crippen LogP contribution in [0.1, 0.15) is 29.5 Å². The van der Waals surface area contributed by atoms with Gasteiger partial charge >= 0.3 is 0 Å². The molecule has 2 aromatic rings. The van der Waals surface area contributed by atoms with Crippen LogP contribution < -0.4 is 4.90 Å². The molecule has 0 atom stereocenters. The van der Waals surface area contributed by atoms with Crippen molar-refractivity contribution < 1.29 is 0 Å². The zero-order valence-corrected chi connectivity index (χ0v) is 14.8. The fourth-order valence-electron chi connectivity index (χ4n) is 2.99. The van der Waals surface area contributed by atoms with Gasteiger partial charge in [0.25, 0.3) is 0 Å². The Kier molecular flexibility index (Phi) is 4.83. The summed E-state index contributed by atoms with van der Waals surface area (Å²) in [5.74, 6) is 0. The van der Waals surface area contributed by atoms with Crippen molar-refractivity contribution in [1.82, 2.24) is 0 Å².